The van der Waals surface area contributed by atoms with E-state index in [1.807, 2.05) is 0 Å². The van der Waals surface area contributed by atoms with Crippen molar-refractivity contribution in [1.29, 1.82) is 0 Å². The molecule has 0 amide bonds. The van der Waals surface area contributed by atoms with Gasteiger partial charge >= 0.3 is 5.97 Å². The van der Waals surface area contributed by atoms with E-state index in [2.05, 4.69) is 9.72 Å². The molecular formula is C9H9NO3. The van der Waals surface area contributed by atoms with E-state index in [1.165, 1.54) is 13.2 Å². The summed E-state index contributed by atoms with van der Waals surface area (Å²) in [7, 11) is 1.27. The zero-order valence-electron chi connectivity index (χ0n) is 7.40. The Balaban J connectivity index is 3.15. The van der Waals surface area contributed by atoms with Gasteiger partial charge in [-0.1, -0.05) is 0 Å². The van der Waals surface area contributed by atoms with Gasteiger partial charge in [0.15, 0.2) is 0 Å². The zero-order valence-corrected chi connectivity index (χ0v) is 7.40. The number of aldehydes is 1. The lowest BCUT2D eigenvalue weighted by atomic mass is 10.2. The van der Waals surface area contributed by atoms with E-state index in [0.29, 0.717) is 17.5 Å². The van der Waals surface area contributed by atoms with Gasteiger partial charge in [-0.25, -0.2) is 9.78 Å². The lowest BCUT2D eigenvalue weighted by Gasteiger charge is -2.00. The molecule has 0 fully saturated rings. The van der Waals surface area contributed by atoms with Crippen LogP contribution in [0, 0.1) is 6.92 Å². The first-order valence-corrected chi connectivity index (χ1v) is 3.69. The number of rotatable bonds is 2. The number of hydrogen-bond donors (Lipinski definition) is 0. The standard InChI is InChI=1S/C9H9NO3/c1-6-3-7(5-11)4-8(10-6)9(12)13-2/h3-5H,1-2H3. The largest absolute Gasteiger partial charge is 0.464 e. The third-order valence-electron chi connectivity index (χ3n) is 1.51. The second kappa shape index (κ2) is 3.80. The van der Waals surface area contributed by atoms with Crippen LogP contribution in [0.15, 0.2) is 12.1 Å². The molecule has 13 heavy (non-hydrogen) atoms. The summed E-state index contributed by atoms with van der Waals surface area (Å²) in [5.74, 6) is -0.535. The summed E-state index contributed by atoms with van der Waals surface area (Å²) < 4.78 is 4.47. The first kappa shape index (κ1) is 9.38. The van der Waals surface area contributed by atoms with Crippen molar-refractivity contribution >= 4 is 12.3 Å². The maximum atomic E-state index is 11.0. The van der Waals surface area contributed by atoms with E-state index in [4.69, 9.17) is 0 Å². The summed E-state index contributed by atoms with van der Waals surface area (Å²) in [5.41, 5.74) is 1.20. The molecule has 0 spiro atoms. The highest BCUT2D eigenvalue weighted by atomic mass is 16.5. The second-order valence-corrected chi connectivity index (χ2v) is 2.54. The smallest absolute Gasteiger partial charge is 0.356 e. The Morgan fingerprint density at radius 2 is 2.23 bits per heavy atom. The number of methoxy groups -OCH3 is 1. The molecule has 4 nitrogen and oxygen atoms in total. The molecule has 0 aliphatic rings. The lowest BCUT2D eigenvalue weighted by Crippen LogP contribution is -2.06. The van der Waals surface area contributed by atoms with Crippen LogP contribution >= 0.6 is 0 Å². The molecule has 0 N–H and O–H groups in total. The monoisotopic (exact) mass is 179 g/mol. The molecule has 0 aromatic carbocycles. The van der Waals surface area contributed by atoms with Crippen LogP contribution in [0.5, 0.6) is 0 Å². The Kier molecular flexibility index (Phi) is 2.74. The molecule has 0 atom stereocenters. The van der Waals surface area contributed by atoms with Crippen LogP contribution in [0.4, 0.5) is 0 Å². The number of hydrogen-bond acceptors (Lipinski definition) is 4. The lowest BCUT2D eigenvalue weighted by molar-refractivity contribution is 0.0594. The summed E-state index contributed by atoms with van der Waals surface area (Å²) >= 11 is 0. The van der Waals surface area contributed by atoms with E-state index in [9.17, 15) is 9.59 Å². The average Bonchev–Trinajstić information content (AvgIpc) is 2.15. The molecule has 0 saturated heterocycles. The van der Waals surface area contributed by atoms with Crippen LogP contribution in [0.1, 0.15) is 26.5 Å². The Bertz CT molecular complexity index is 347. The van der Waals surface area contributed by atoms with Gasteiger partial charge < -0.3 is 4.74 Å². The SMILES string of the molecule is COC(=O)c1cc(C=O)cc(C)n1. The van der Waals surface area contributed by atoms with Gasteiger partial charge in [0.25, 0.3) is 0 Å². The topological polar surface area (TPSA) is 56.3 Å². The molecule has 0 unspecified atom stereocenters. The fourth-order valence-electron chi connectivity index (χ4n) is 0.972. The van der Waals surface area contributed by atoms with Crippen molar-refractivity contribution in [3.8, 4) is 0 Å². The van der Waals surface area contributed by atoms with Gasteiger partial charge in [-0.3, -0.25) is 4.79 Å². The number of ether oxygens (including phenoxy) is 1. The van der Waals surface area contributed by atoms with Crippen molar-refractivity contribution in [3.63, 3.8) is 0 Å². The first-order valence-electron chi connectivity index (χ1n) is 3.69. The van der Waals surface area contributed by atoms with Crippen LogP contribution < -0.4 is 0 Å². The number of carbonyl (C=O) groups excluding carboxylic acids is 2. The van der Waals surface area contributed by atoms with Crippen molar-refractivity contribution in [2.75, 3.05) is 7.11 Å². The molecule has 1 heterocycles. The van der Waals surface area contributed by atoms with Crippen molar-refractivity contribution in [3.05, 3.63) is 29.1 Å². The van der Waals surface area contributed by atoms with Crippen LogP contribution in [0.25, 0.3) is 0 Å². The number of aromatic nitrogens is 1. The summed E-state index contributed by atoms with van der Waals surface area (Å²) in [6.07, 6.45) is 0.668. The van der Waals surface area contributed by atoms with Crippen LogP contribution in [0.3, 0.4) is 0 Å². The Morgan fingerprint density at radius 3 is 2.77 bits per heavy atom. The summed E-state index contributed by atoms with van der Waals surface area (Å²) in [4.78, 5) is 25.4. The van der Waals surface area contributed by atoms with Crippen LogP contribution in [-0.2, 0) is 4.74 Å². The third kappa shape index (κ3) is 2.11. The maximum absolute atomic E-state index is 11.0. The minimum Gasteiger partial charge on any atom is -0.464 e. The van der Waals surface area contributed by atoms with Gasteiger partial charge in [-0.05, 0) is 19.1 Å². The van der Waals surface area contributed by atoms with Gasteiger partial charge in [0.2, 0.25) is 0 Å². The number of pyridine rings is 1. The van der Waals surface area contributed by atoms with E-state index in [-0.39, 0.29) is 5.69 Å². The van der Waals surface area contributed by atoms with Crippen LogP contribution in [0.2, 0.25) is 0 Å². The zero-order chi connectivity index (χ0) is 9.84. The molecule has 68 valence electrons. The minimum atomic E-state index is -0.535. The van der Waals surface area contributed by atoms with Gasteiger partial charge in [-0.15, -0.1) is 0 Å². The first-order chi connectivity index (χ1) is 6.17. The highest BCUT2D eigenvalue weighted by Gasteiger charge is 2.08. The Hall–Kier alpha value is -1.71. The van der Waals surface area contributed by atoms with Gasteiger partial charge in [0, 0.05) is 11.3 Å². The van der Waals surface area contributed by atoms with Crippen molar-refractivity contribution in [1.82, 2.24) is 4.98 Å². The van der Waals surface area contributed by atoms with Crippen molar-refractivity contribution in [2.24, 2.45) is 0 Å². The van der Waals surface area contributed by atoms with Gasteiger partial charge in [-0.2, -0.15) is 0 Å². The Labute approximate surface area is 75.5 Å². The predicted octanol–water partition coefficient (Wildman–Crippen LogP) is 0.989. The minimum absolute atomic E-state index is 0.157. The molecule has 0 aliphatic heterocycles. The number of aryl methyl sites for hydroxylation is 1. The molecule has 0 saturated carbocycles. The van der Waals surface area contributed by atoms with Gasteiger partial charge in [0.05, 0.1) is 7.11 Å². The number of esters is 1. The molecule has 1 aromatic heterocycles. The average molecular weight is 179 g/mol. The van der Waals surface area contributed by atoms with E-state index in [0.717, 1.165) is 0 Å². The third-order valence-corrected chi connectivity index (χ3v) is 1.51. The fourth-order valence-corrected chi connectivity index (χ4v) is 0.972. The van der Waals surface area contributed by atoms with E-state index in [1.54, 1.807) is 13.0 Å². The molecule has 1 rings (SSSR count). The predicted molar refractivity (Wildman–Crippen MR) is 45.7 cm³/mol. The van der Waals surface area contributed by atoms with E-state index >= 15 is 0 Å². The summed E-state index contributed by atoms with van der Waals surface area (Å²) in [6, 6.07) is 2.99. The van der Waals surface area contributed by atoms with E-state index < -0.39 is 5.97 Å². The molecule has 0 aliphatic carbocycles. The molecular weight excluding hydrogens is 170 g/mol. The maximum Gasteiger partial charge on any atom is 0.356 e. The second-order valence-electron chi connectivity index (χ2n) is 2.54. The molecule has 0 bridgehead atoms. The van der Waals surface area contributed by atoms with Crippen LogP contribution in [-0.4, -0.2) is 24.3 Å². The fraction of sp³-hybridized carbons (Fsp3) is 0.222. The number of carbonyl (C=O) groups is 2. The van der Waals surface area contributed by atoms with Crippen molar-refractivity contribution in [2.45, 2.75) is 6.92 Å². The Morgan fingerprint density at radius 1 is 1.54 bits per heavy atom. The van der Waals surface area contributed by atoms with Crippen molar-refractivity contribution < 1.29 is 14.3 Å². The molecule has 1 aromatic rings. The summed E-state index contributed by atoms with van der Waals surface area (Å²) in [5, 5.41) is 0. The molecule has 0 radical (unpaired) electrons. The molecule has 4 heteroatoms. The number of nitrogens with zero attached hydrogens (tertiary/aromatic N) is 1. The highest BCUT2D eigenvalue weighted by Crippen LogP contribution is 2.04. The highest BCUT2D eigenvalue weighted by molar-refractivity contribution is 5.89. The van der Waals surface area contributed by atoms with Gasteiger partial charge in [0.1, 0.15) is 12.0 Å². The normalized spacial score (nSPS) is 9.38. The summed E-state index contributed by atoms with van der Waals surface area (Å²) in [6.45, 7) is 1.71. The quantitative estimate of drug-likeness (QED) is 0.501.